The number of hydrogen-bond donors (Lipinski definition) is 5. The van der Waals surface area contributed by atoms with Crippen molar-refractivity contribution in [3.63, 3.8) is 0 Å². The van der Waals surface area contributed by atoms with E-state index in [1.165, 1.54) is 33.6 Å². The van der Waals surface area contributed by atoms with Gasteiger partial charge in [-0.1, -0.05) is 140 Å². The minimum absolute atomic E-state index is 0.200. The van der Waals surface area contributed by atoms with Gasteiger partial charge in [-0.3, -0.25) is 0 Å². The molecular formula is C60H44N2O5S. The lowest BCUT2D eigenvalue weighted by Gasteiger charge is -2.33. The summed E-state index contributed by atoms with van der Waals surface area (Å²) in [6.07, 6.45) is 6.27. The van der Waals surface area contributed by atoms with E-state index < -0.39 is 34.2 Å². The summed E-state index contributed by atoms with van der Waals surface area (Å²) in [5.74, 6) is -4.36. The molecule has 11 rings (SSSR count). The summed E-state index contributed by atoms with van der Waals surface area (Å²) in [6, 6.07) is 64.9. The zero-order chi connectivity index (χ0) is 46.7. The van der Waals surface area contributed by atoms with E-state index in [0.717, 1.165) is 66.8 Å². The van der Waals surface area contributed by atoms with Gasteiger partial charge in [-0.05, 0) is 135 Å². The van der Waals surface area contributed by atoms with Crippen LogP contribution in [-0.4, -0.2) is 25.5 Å². The first-order valence-electron chi connectivity index (χ1n) is 22.3. The van der Waals surface area contributed by atoms with Crippen molar-refractivity contribution in [2.24, 2.45) is 0 Å². The van der Waals surface area contributed by atoms with E-state index in [-0.39, 0.29) is 5.56 Å². The van der Waals surface area contributed by atoms with Crippen LogP contribution in [0.2, 0.25) is 0 Å². The number of hydrogen-bond acceptors (Lipinski definition) is 8. The molecule has 8 heteroatoms. The maximum atomic E-state index is 11.0. The highest BCUT2D eigenvalue weighted by Crippen LogP contribution is 2.63. The molecule has 7 nitrogen and oxygen atoms in total. The van der Waals surface area contributed by atoms with Crippen molar-refractivity contribution in [2.45, 2.75) is 12.3 Å². The van der Waals surface area contributed by atoms with Crippen molar-refractivity contribution in [3.8, 4) is 61.4 Å². The van der Waals surface area contributed by atoms with Crippen LogP contribution in [0.3, 0.4) is 0 Å². The van der Waals surface area contributed by atoms with Gasteiger partial charge in [0.05, 0.1) is 11.0 Å². The third-order valence-electron chi connectivity index (χ3n) is 13.2. The Bertz CT molecular complexity index is 3370. The van der Waals surface area contributed by atoms with Gasteiger partial charge in [0.1, 0.15) is 5.00 Å². The fraction of sp³-hybridized carbons (Fsp3) is 0.0333. The molecule has 0 saturated heterocycles. The molecule has 2 aliphatic rings. The van der Waals surface area contributed by atoms with E-state index in [2.05, 4.69) is 168 Å². The van der Waals surface area contributed by atoms with E-state index in [4.69, 9.17) is 0 Å². The number of rotatable bonds is 10. The Hall–Kier alpha value is -8.72. The topological polar surface area (TPSA) is 108 Å². The minimum atomic E-state index is -1.01. The molecule has 1 heterocycles. The van der Waals surface area contributed by atoms with Crippen LogP contribution in [0.15, 0.2) is 218 Å². The Labute approximate surface area is 398 Å². The van der Waals surface area contributed by atoms with Crippen LogP contribution >= 0.6 is 11.3 Å². The molecule has 8 aromatic carbocycles. The van der Waals surface area contributed by atoms with Crippen molar-refractivity contribution >= 4 is 50.3 Å². The molecule has 1 aromatic heterocycles. The lowest BCUT2D eigenvalue weighted by molar-refractivity contribution is 0.330. The van der Waals surface area contributed by atoms with E-state index in [1.807, 2.05) is 55.5 Å². The summed E-state index contributed by atoms with van der Waals surface area (Å²) in [6.45, 7) is 6.38. The molecular weight excluding hydrogens is 861 g/mol. The van der Waals surface area contributed by atoms with Crippen LogP contribution < -0.4 is 9.80 Å². The van der Waals surface area contributed by atoms with Gasteiger partial charge in [0, 0.05) is 33.3 Å². The summed E-state index contributed by atoms with van der Waals surface area (Å²) in [4.78, 5) is 4.72. The van der Waals surface area contributed by atoms with E-state index >= 15 is 0 Å². The first kappa shape index (κ1) is 41.9. The Balaban J connectivity index is 1.05. The maximum Gasteiger partial charge on any atom is 0.208 e. The predicted molar refractivity (Wildman–Crippen MR) is 277 cm³/mol. The zero-order valence-electron chi connectivity index (χ0n) is 36.9. The zero-order valence-corrected chi connectivity index (χ0v) is 37.7. The van der Waals surface area contributed by atoms with Gasteiger partial charge in [0.2, 0.25) is 17.2 Å². The summed E-state index contributed by atoms with van der Waals surface area (Å²) in [7, 11) is 0. The summed E-state index contributed by atoms with van der Waals surface area (Å²) >= 11 is 1.24. The fourth-order valence-electron chi connectivity index (χ4n) is 10.2. The third-order valence-corrected chi connectivity index (χ3v) is 14.3. The molecule has 0 bridgehead atoms. The van der Waals surface area contributed by atoms with Crippen LogP contribution in [0.1, 0.15) is 29.2 Å². The predicted octanol–water partition coefficient (Wildman–Crippen LogP) is 15.4. The molecule has 0 atom stereocenters. The number of para-hydroxylation sites is 2. The van der Waals surface area contributed by atoms with Crippen LogP contribution in [0.4, 0.5) is 33.4 Å². The average Bonchev–Trinajstić information content (AvgIpc) is 4.06. The quantitative estimate of drug-likeness (QED) is 0.0687. The molecule has 0 aliphatic heterocycles. The van der Waals surface area contributed by atoms with Gasteiger partial charge in [-0.15, -0.1) is 11.3 Å². The van der Waals surface area contributed by atoms with Gasteiger partial charge in [0.25, 0.3) is 0 Å². The average molecular weight is 905 g/mol. The van der Waals surface area contributed by atoms with Crippen molar-refractivity contribution < 1.29 is 25.5 Å². The summed E-state index contributed by atoms with van der Waals surface area (Å²) in [5.41, 5.74) is 15.2. The largest absolute Gasteiger partial charge is 0.504 e. The molecule has 1 spiro atoms. The van der Waals surface area contributed by atoms with Gasteiger partial charge < -0.3 is 35.3 Å². The molecule has 0 saturated carbocycles. The molecule has 5 N–H and O–H groups in total. The number of benzene rings is 8. The van der Waals surface area contributed by atoms with E-state index in [9.17, 15) is 25.5 Å². The second-order valence-electron chi connectivity index (χ2n) is 16.8. The molecule has 0 fully saturated rings. The second kappa shape index (κ2) is 16.6. The first-order valence-corrected chi connectivity index (χ1v) is 23.1. The lowest BCUT2D eigenvalue weighted by atomic mass is 9.69. The molecule has 2 aliphatic carbocycles. The Morgan fingerprint density at radius 2 is 0.926 bits per heavy atom. The summed E-state index contributed by atoms with van der Waals surface area (Å²) in [5, 5.41) is 54.0. The van der Waals surface area contributed by atoms with Crippen molar-refractivity contribution in [1.82, 2.24) is 0 Å². The standard InChI is InChI=1S/C60H44N2O5S/c1-3-15-48-44(4-2)47-33-32-43(36-51(47)60(48)49-22-13-11-20-45(49)46-21-12-14-23-50(46)60)62(53-35-34-52(68-53)54-55(63)57(65)59(67)58(66)56(54)64)42-30-26-38(27-31-42)37-24-28-41(29-25-37)61(39-16-7-5-8-17-39)40-18-9-6-10-19-40/h3-36,63-67H,2H2,1H3/b15-3-. The van der Waals surface area contributed by atoms with Crippen molar-refractivity contribution in [1.29, 1.82) is 0 Å². The Morgan fingerprint density at radius 1 is 0.456 bits per heavy atom. The number of fused-ring (bicyclic) bond motifs is 7. The van der Waals surface area contributed by atoms with Crippen LogP contribution in [-0.2, 0) is 5.41 Å². The lowest BCUT2D eigenvalue weighted by Crippen LogP contribution is -2.27. The maximum absolute atomic E-state index is 11.0. The molecule has 0 unspecified atom stereocenters. The van der Waals surface area contributed by atoms with E-state index in [0.29, 0.717) is 4.88 Å². The smallest absolute Gasteiger partial charge is 0.208 e. The highest BCUT2D eigenvalue weighted by Gasteiger charge is 2.52. The van der Waals surface area contributed by atoms with Crippen molar-refractivity contribution in [2.75, 3.05) is 9.80 Å². The van der Waals surface area contributed by atoms with Gasteiger partial charge >= 0.3 is 0 Å². The number of allylic oxidation sites excluding steroid dienone is 5. The van der Waals surface area contributed by atoms with Crippen molar-refractivity contribution in [3.05, 3.63) is 241 Å². The first-order chi connectivity index (χ1) is 33.2. The number of thiophene rings is 1. The SMILES string of the molecule is C=CC1=C(/C=C\C)C2(c3cc(N(c4ccc(-c5ccc(N(c6ccccc6)c6ccccc6)cc5)cc4)c4ccc(-c5c(O)c(O)c(O)c(O)c5O)s4)ccc31)c1ccccc1-c1ccccc12. The molecule has 68 heavy (non-hydrogen) atoms. The number of phenols is 5. The van der Waals surface area contributed by atoms with E-state index in [1.54, 1.807) is 6.07 Å². The van der Waals surface area contributed by atoms with Crippen LogP contribution in [0.25, 0.3) is 38.3 Å². The third kappa shape index (κ3) is 6.41. The molecule has 330 valence electrons. The normalized spacial score (nSPS) is 13.1. The fourth-order valence-corrected chi connectivity index (χ4v) is 11.3. The molecule has 0 radical (unpaired) electrons. The molecule has 0 amide bonds. The minimum Gasteiger partial charge on any atom is -0.504 e. The van der Waals surface area contributed by atoms with Crippen LogP contribution in [0, 0.1) is 0 Å². The van der Waals surface area contributed by atoms with Gasteiger partial charge in [-0.2, -0.15) is 0 Å². The number of anilines is 6. The highest BCUT2D eigenvalue weighted by molar-refractivity contribution is 7.19. The number of nitrogens with zero attached hydrogens (tertiary/aromatic N) is 2. The van der Waals surface area contributed by atoms with Crippen LogP contribution in [0.5, 0.6) is 28.7 Å². The number of phenolic OH excluding ortho intramolecular Hbond substituents is 5. The molecule has 9 aromatic rings. The van der Waals surface area contributed by atoms with Gasteiger partial charge in [-0.25, -0.2) is 0 Å². The van der Waals surface area contributed by atoms with Gasteiger partial charge in [0.15, 0.2) is 11.5 Å². The summed E-state index contributed by atoms with van der Waals surface area (Å²) < 4.78 is 0. The highest BCUT2D eigenvalue weighted by atomic mass is 32.1. The number of aromatic hydroxyl groups is 5. The monoisotopic (exact) mass is 904 g/mol. The Morgan fingerprint density at radius 3 is 1.46 bits per heavy atom. The Kier molecular flexibility index (Phi) is 10.2. The second-order valence-corrected chi connectivity index (χ2v) is 17.9.